The second-order valence-electron chi connectivity index (χ2n) is 6.08. The number of aryl methyl sites for hydroxylation is 1. The first-order chi connectivity index (χ1) is 12.6. The molecule has 1 amide bonds. The second kappa shape index (κ2) is 6.84. The molecule has 0 aliphatic rings. The highest BCUT2D eigenvalue weighted by Crippen LogP contribution is 2.27. The molecule has 1 atom stereocenters. The molecule has 0 saturated carbocycles. The lowest BCUT2D eigenvalue weighted by Crippen LogP contribution is -2.30. The highest BCUT2D eigenvalue weighted by Gasteiger charge is 2.19. The minimum Gasteiger partial charge on any atom is -0.467 e. The van der Waals surface area contributed by atoms with Crippen LogP contribution in [0.25, 0.3) is 16.6 Å². The summed E-state index contributed by atoms with van der Waals surface area (Å²) in [6, 6.07) is 13.8. The number of thioether (sulfide) groups is 1. The van der Waals surface area contributed by atoms with Crippen LogP contribution in [0.5, 0.6) is 0 Å². The van der Waals surface area contributed by atoms with Gasteiger partial charge in [0.15, 0.2) is 10.8 Å². The fraction of sp³-hybridized carbons (Fsp3) is 0.211. The molecule has 1 N–H and O–H groups in total. The largest absolute Gasteiger partial charge is 0.467 e. The molecule has 7 heteroatoms. The molecule has 0 radical (unpaired) electrons. The number of para-hydroxylation sites is 1. The standard InChI is InChI=1S/C19H18N4O2S/c1-12-10-17-21-22-19(23(17)16-8-4-3-7-15(12)16)26-13(2)18(24)20-11-14-6-5-9-25-14/h3-10,13H,11H2,1-2H3,(H,20,24)/t13-/m0/s1. The van der Waals surface area contributed by atoms with E-state index < -0.39 is 0 Å². The molecule has 4 rings (SSSR count). The molecule has 26 heavy (non-hydrogen) atoms. The maximum absolute atomic E-state index is 12.4. The Morgan fingerprint density at radius 2 is 2.12 bits per heavy atom. The van der Waals surface area contributed by atoms with Crippen LogP contribution >= 0.6 is 11.8 Å². The molecule has 3 heterocycles. The fourth-order valence-corrected chi connectivity index (χ4v) is 3.79. The number of nitrogens with zero attached hydrogens (tertiary/aromatic N) is 3. The number of hydrogen-bond donors (Lipinski definition) is 1. The van der Waals surface area contributed by atoms with Crippen molar-refractivity contribution in [1.82, 2.24) is 19.9 Å². The number of fused-ring (bicyclic) bond motifs is 3. The van der Waals surface area contributed by atoms with E-state index in [4.69, 9.17) is 4.42 Å². The number of benzene rings is 1. The third-order valence-electron chi connectivity index (χ3n) is 4.24. The zero-order chi connectivity index (χ0) is 18.1. The van der Waals surface area contributed by atoms with Gasteiger partial charge in [0.2, 0.25) is 5.91 Å². The summed E-state index contributed by atoms with van der Waals surface area (Å²) in [5.74, 6) is 0.657. The molecule has 0 fully saturated rings. The number of pyridine rings is 1. The Morgan fingerprint density at radius 3 is 2.92 bits per heavy atom. The van der Waals surface area contributed by atoms with Gasteiger partial charge in [0.25, 0.3) is 0 Å². The monoisotopic (exact) mass is 366 g/mol. The quantitative estimate of drug-likeness (QED) is 0.547. The summed E-state index contributed by atoms with van der Waals surface area (Å²) < 4.78 is 7.24. The van der Waals surface area contributed by atoms with Crippen molar-refractivity contribution in [3.8, 4) is 0 Å². The average Bonchev–Trinajstić information content (AvgIpc) is 3.30. The summed E-state index contributed by atoms with van der Waals surface area (Å²) in [7, 11) is 0. The molecule has 1 aromatic carbocycles. The van der Waals surface area contributed by atoms with Crippen LogP contribution in [0.3, 0.4) is 0 Å². The maximum atomic E-state index is 12.4. The van der Waals surface area contributed by atoms with E-state index >= 15 is 0 Å². The number of nitrogens with one attached hydrogen (secondary N) is 1. The molecule has 0 saturated heterocycles. The van der Waals surface area contributed by atoms with Gasteiger partial charge < -0.3 is 9.73 Å². The summed E-state index contributed by atoms with van der Waals surface area (Å²) in [5.41, 5.74) is 2.98. The Hall–Kier alpha value is -2.80. The molecule has 132 valence electrons. The fourth-order valence-electron chi connectivity index (χ4n) is 2.89. The summed E-state index contributed by atoms with van der Waals surface area (Å²) in [6.07, 6.45) is 1.59. The van der Waals surface area contributed by atoms with Gasteiger partial charge >= 0.3 is 0 Å². The van der Waals surface area contributed by atoms with Gasteiger partial charge in [-0.2, -0.15) is 0 Å². The van der Waals surface area contributed by atoms with Crippen LogP contribution in [0.15, 0.2) is 58.3 Å². The van der Waals surface area contributed by atoms with Gasteiger partial charge in [0.05, 0.1) is 23.6 Å². The number of aromatic nitrogens is 3. The molecule has 0 bridgehead atoms. The number of hydrogen-bond acceptors (Lipinski definition) is 5. The van der Waals surface area contributed by atoms with Gasteiger partial charge in [-0.25, -0.2) is 0 Å². The van der Waals surface area contributed by atoms with Crippen molar-refractivity contribution in [3.63, 3.8) is 0 Å². The third-order valence-corrected chi connectivity index (χ3v) is 5.28. The molecule has 0 aliphatic heterocycles. The number of amides is 1. The first-order valence-electron chi connectivity index (χ1n) is 8.33. The lowest BCUT2D eigenvalue weighted by atomic mass is 10.1. The Labute approximate surface area is 154 Å². The number of furan rings is 1. The van der Waals surface area contributed by atoms with Gasteiger partial charge in [-0.15, -0.1) is 10.2 Å². The number of rotatable bonds is 5. The van der Waals surface area contributed by atoms with Gasteiger partial charge in [0.1, 0.15) is 5.76 Å². The van der Waals surface area contributed by atoms with Crippen molar-refractivity contribution < 1.29 is 9.21 Å². The zero-order valence-corrected chi connectivity index (χ0v) is 15.3. The van der Waals surface area contributed by atoms with E-state index in [2.05, 4.69) is 28.5 Å². The van der Waals surface area contributed by atoms with Crippen LogP contribution in [0.1, 0.15) is 18.2 Å². The number of carbonyl (C=O) groups is 1. The van der Waals surface area contributed by atoms with Crippen LogP contribution in [0.2, 0.25) is 0 Å². The first-order valence-corrected chi connectivity index (χ1v) is 9.21. The molecule has 6 nitrogen and oxygen atoms in total. The zero-order valence-electron chi connectivity index (χ0n) is 14.5. The average molecular weight is 366 g/mol. The van der Waals surface area contributed by atoms with Gasteiger partial charge in [0, 0.05) is 5.39 Å². The van der Waals surface area contributed by atoms with Crippen molar-refractivity contribution in [2.24, 2.45) is 0 Å². The van der Waals surface area contributed by atoms with Crippen molar-refractivity contribution in [2.45, 2.75) is 30.8 Å². The third kappa shape index (κ3) is 3.06. The van der Waals surface area contributed by atoms with Gasteiger partial charge in [-0.1, -0.05) is 30.0 Å². The van der Waals surface area contributed by atoms with E-state index in [0.29, 0.717) is 11.7 Å². The molecular weight excluding hydrogens is 348 g/mol. The number of carbonyl (C=O) groups excluding carboxylic acids is 1. The maximum Gasteiger partial charge on any atom is 0.233 e. The van der Waals surface area contributed by atoms with Gasteiger partial charge in [-0.05, 0) is 43.7 Å². The highest BCUT2D eigenvalue weighted by atomic mass is 32.2. The minimum absolute atomic E-state index is 0.0698. The van der Waals surface area contributed by atoms with E-state index in [-0.39, 0.29) is 11.2 Å². The normalized spacial score (nSPS) is 12.5. The van der Waals surface area contributed by atoms with Crippen molar-refractivity contribution >= 4 is 34.2 Å². The summed E-state index contributed by atoms with van der Waals surface area (Å²) in [6.45, 7) is 4.30. The van der Waals surface area contributed by atoms with E-state index in [1.807, 2.05) is 41.7 Å². The SMILES string of the molecule is Cc1cc2nnc(S[C@@H](C)C(=O)NCc3ccco3)n2c2ccccc12. The van der Waals surface area contributed by atoms with E-state index in [1.54, 1.807) is 12.3 Å². The molecular formula is C19H18N4O2S. The second-order valence-corrected chi connectivity index (χ2v) is 7.39. The van der Waals surface area contributed by atoms with Crippen LogP contribution in [-0.2, 0) is 11.3 Å². The van der Waals surface area contributed by atoms with Crippen LogP contribution < -0.4 is 5.32 Å². The first kappa shape index (κ1) is 16.7. The van der Waals surface area contributed by atoms with Crippen LogP contribution in [-0.4, -0.2) is 25.8 Å². The molecule has 0 unspecified atom stereocenters. The van der Waals surface area contributed by atoms with Crippen LogP contribution in [0.4, 0.5) is 0 Å². The lowest BCUT2D eigenvalue weighted by Gasteiger charge is -2.11. The van der Waals surface area contributed by atoms with Gasteiger partial charge in [-0.3, -0.25) is 9.20 Å². The summed E-state index contributed by atoms with van der Waals surface area (Å²) >= 11 is 1.39. The van der Waals surface area contributed by atoms with Crippen molar-refractivity contribution in [2.75, 3.05) is 0 Å². The molecule has 4 aromatic rings. The van der Waals surface area contributed by atoms with Crippen LogP contribution in [0, 0.1) is 6.92 Å². The predicted octanol–water partition coefficient (Wildman–Crippen LogP) is 3.58. The minimum atomic E-state index is -0.308. The summed E-state index contributed by atoms with van der Waals surface area (Å²) in [5, 5.41) is 13.0. The van der Waals surface area contributed by atoms with E-state index in [1.165, 1.54) is 11.8 Å². The predicted molar refractivity (Wildman–Crippen MR) is 101 cm³/mol. The Bertz CT molecular complexity index is 1070. The lowest BCUT2D eigenvalue weighted by molar-refractivity contribution is -0.120. The molecule has 0 spiro atoms. The van der Waals surface area contributed by atoms with E-state index in [9.17, 15) is 4.79 Å². The van der Waals surface area contributed by atoms with E-state index in [0.717, 1.165) is 27.9 Å². The smallest absolute Gasteiger partial charge is 0.233 e. The highest BCUT2D eigenvalue weighted by molar-refractivity contribution is 8.00. The molecule has 3 aromatic heterocycles. The Balaban J connectivity index is 1.59. The summed E-state index contributed by atoms with van der Waals surface area (Å²) in [4.78, 5) is 12.4. The van der Waals surface area contributed by atoms with Crippen molar-refractivity contribution in [1.29, 1.82) is 0 Å². The Morgan fingerprint density at radius 1 is 1.27 bits per heavy atom. The Kier molecular flexibility index (Phi) is 4.38. The topological polar surface area (TPSA) is 72.4 Å². The molecule has 0 aliphatic carbocycles. The van der Waals surface area contributed by atoms with Crippen molar-refractivity contribution in [3.05, 3.63) is 60.1 Å².